The minimum Gasteiger partial charge on any atom is -0.441 e. The summed E-state index contributed by atoms with van der Waals surface area (Å²) in [6.45, 7) is 4.57. The van der Waals surface area contributed by atoms with E-state index in [1.165, 1.54) is 19.3 Å². The van der Waals surface area contributed by atoms with Crippen LogP contribution in [0.15, 0.2) is 28.7 Å². The second-order valence-electron chi connectivity index (χ2n) is 8.42. The standard InChI is InChI=1S/C23H30ClN3O2/c1-16-21(26-23(29-16)18-7-9-19(24)10-8-18)15-27-13-11-17(12-14-27)22(28)25-20-5-3-2-4-6-20/h7-10,17,20H,2-6,11-15H2,1H3,(H,25,28). The number of hydrogen-bond donors (Lipinski definition) is 1. The molecule has 0 unspecified atom stereocenters. The largest absolute Gasteiger partial charge is 0.441 e. The molecule has 2 fully saturated rings. The van der Waals surface area contributed by atoms with Gasteiger partial charge in [0.05, 0.1) is 5.69 Å². The first-order chi connectivity index (χ1) is 14.1. The monoisotopic (exact) mass is 415 g/mol. The topological polar surface area (TPSA) is 58.4 Å². The van der Waals surface area contributed by atoms with Crippen molar-refractivity contribution in [1.29, 1.82) is 0 Å². The van der Waals surface area contributed by atoms with Gasteiger partial charge in [-0.2, -0.15) is 0 Å². The number of amides is 1. The Balaban J connectivity index is 1.29. The van der Waals surface area contributed by atoms with Crippen molar-refractivity contribution in [2.75, 3.05) is 13.1 Å². The van der Waals surface area contributed by atoms with Crippen molar-refractivity contribution >= 4 is 17.5 Å². The van der Waals surface area contributed by atoms with Crippen LogP contribution in [0.25, 0.3) is 11.5 Å². The molecule has 0 bridgehead atoms. The normalized spacial score (nSPS) is 19.4. The highest BCUT2D eigenvalue weighted by Gasteiger charge is 2.27. The number of nitrogens with zero attached hydrogens (tertiary/aromatic N) is 2. The lowest BCUT2D eigenvalue weighted by molar-refractivity contribution is -0.127. The average molecular weight is 416 g/mol. The Morgan fingerprint density at radius 3 is 2.52 bits per heavy atom. The van der Waals surface area contributed by atoms with Gasteiger partial charge in [0.15, 0.2) is 0 Å². The summed E-state index contributed by atoms with van der Waals surface area (Å²) in [6, 6.07) is 7.94. The summed E-state index contributed by atoms with van der Waals surface area (Å²) in [5.74, 6) is 1.90. The van der Waals surface area contributed by atoms with Crippen LogP contribution in [0.1, 0.15) is 56.4 Å². The van der Waals surface area contributed by atoms with E-state index in [0.29, 0.717) is 17.0 Å². The van der Waals surface area contributed by atoms with E-state index < -0.39 is 0 Å². The van der Waals surface area contributed by atoms with E-state index in [4.69, 9.17) is 21.0 Å². The fraction of sp³-hybridized carbons (Fsp3) is 0.565. The first kappa shape index (κ1) is 20.4. The Morgan fingerprint density at radius 2 is 1.83 bits per heavy atom. The predicted octanol–water partition coefficient (Wildman–Crippen LogP) is 4.96. The summed E-state index contributed by atoms with van der Waals surface area (Å²) in [5.41, 5.74) is 1.90. The minimum atomic E-state index is 0.149. The lowest BCUT2D eigenvalue weighted by atomic mass is 9.92. The van der Waals surface area contributed by atoms with E-state index in [-0.39, 0.29) is 11.8 Å². The number of halogens is 1. The molecule has 0 radical (unpaired) electrons. The molecule has 156 valence electrons. The minimum absolute atomic E-state index is 0.149. The van der Waals surface area contributed by atoms with Crippen LogP contribution in [0.4, 0.5) is 0 Å². The average Bonchev–Trinajstić information content (AvgIpc) is 3.10. The lowest BCUT2D eigenvalue weighted by Gasteiger charge is -2.32. The number of likely N-dealkylation sites (tertiary alicyclic amines) is 1. The van der Waals surface area contributed by atoms with Gasteiger partial charge >= 0.3 is 0 Å². The van der Waals surface area contributed by atoms with Crippen molar-refractivity contribution in [2.45, 2.75) is 64.5 Å². The number of hydrogen-bond acceptors (Lipinski definition) is 4. The third kappa shape index (κ3) is 5.20. The molecule has 29 heavy (non-hydrogen) atoms. The molecule has 2 aromatic rings. The van der Waals surface area contributed by atoms with E-state index in [2.05, 4.69) is 10.2 Å². The molecular weight excluding hydrogens is 386 g/mol. The number of carbonyl (C=O) groups is 1. The van der Waals surface area contributed by atoms with E-state index in [9.17, 15) is 4.79 Å². The highest BCUT2D eigenvalue weighted by molar-refractivity contribution is 6.30. The molecule has 4 rings (SSSR count). The number of oxazole rings is 1. The number of piperidine rings is 1. The molecule has 1 saturated carbocycles. The first-order valence-electron chi connectivity index (χ1n) is 10.8. The second-order valence-corrected chi connectivity index (χ2v) is 8.86. The van der Waals surface area contributed by atoms with Crippen molar-refractivity contribution in [3.63, 3.8) is 0 Å². The molecule has 1 saturated heterocycles. The zero-order valence-electron chi connectivity index (χ0n) is 17.1. The van der Waals surface area contributed by atoms with Gasteiger partial charge in [0.1, 0.15) is 5.76 Å². The van der Waals surface area contributed by atoms with E-state index >= 15 is 0 Å². The Bertz CT molecular complexity index is 819. The summed E-state index contributed by atoms with van der Waals surface area (Å²) < 4.78 is 5.88. The number of aryl methyl sites for hydroxylation is 1. The van der Waals surface area contributed by atoms with Crippen molar-refractivity contribution in [3.05, 3.63) is 40.7 Å². The number of aromatic nitrogens is 1. The van der Waals surface area contributed by atoms with Gasteiger partial charge in [0, 0.05) is 29.1 Å². The second kappa shape index (κ2) is 9.31. The van der Waals surface area contributed by atoms with Gasteiger partial charge < -0.3 is 9.73 Å². The molecule has 1 N–H and O–H groups in total. The van der Waals surface area contributed by atoms with Crippen molar-refractivity contribution in [3.8, 4) is 11.5 Å². The molecule has 0 atom stereocenters. The maximum Gasteiger partial charge on any atom is 0.226 e. The summed E-state index contributed by atoms with van der Waals surface area (Å²) in [7, 11) is 0. The van der Waals surface area contributed by atoms with Gasteiger partial charge in [-0.3, -0.25) is 9.69 Å². The van der Waals surface area contributed by atoms with Crippen molar-refractivity contribution in [1.82, 2.24) is 15.2 Å². The lowest BCUT2D eigenvalue weighted by Crippen LogP contribution is -2.44. The molecule has 0 spiro atoms. The molecule has 5 nitrogen and oxygen atoms in total. The Morgan fingerprint density at radius 1 is 1.14 bits per heavy atom. The third-order valence-corrected chi connectivity index (χ3v) is 6.52. The maximum absolute atomic E-state index is 12.6. The highest BCUT2D eigenvalue weighted by atomic mass is 35.5. The van der Waals surface area contributed by atoms with Crippen molar-refractivity contribution in [2.24, 2.45) is 5.92 Å². The maximum atomic E-state index is 12.6. The van der Waals surface area contributed by atoms with Gasteiger partial charge in [0.25, 0.3) is 0 Å². The summed E-state index contributed by atoms with van der Waals surface area (Å²) in [4.78, 5) is 19.7. The predicted molar refractivity (Wildman–Crippen MR) is 115 cm³/mol. The smallest absolute Gasteiger partial charge is 0.226 e. The molecule has 1 aromatic carbocycles. The van der Waals surface area contributed by atoms with Gasteiger partial charge in [-0.25, -0.2) is 4.98 Å². The molecule has 1 aromatic heterocycles. The van der Waals surface area contributed by atoms with Crippen LogP contribution in [0.3, 0.4) is 0 Å². The SMILES string of the molecule is Cc1oc(-c2ccc(Cl)cc2)nc1CN1CCC(C(=O)NC2CCCCC2)CC1. The molecule has 1 aliphatic carbocycles. The van der Waals surface area contributed by atoms with Crippen molar-refractivity contribution < 1.29 is 9.21 Å². The van der Waals surface area contributed by atoms with Crippen LogP contribution in [0.5, 0.6) is 0 Å². The Kier molecular flexibility index (Phi) is 6.56. The fourth-order valence-corrected chi connectivity index (χ4v) is 4.55. The number of benzene rings is 1. The number of rotatable bonds is 5. The van der Waals surface area contributed by atoms with Crippen LogP contribution in [0.2, 0.25) is 5.02 Å². The van der Waals surface area contributed by atoms with Crippen LogP contribution in [-0.4, -0.2) is 34.9 Å². The quantitative estimate of drug-likeness (QED) is 0.749. The van der Waals surface area contributed by atoms with Gasteiger partial charge in [-0.1, -0.05) is 30.9 Å². The molecule has 6 heteroatoms. The molecule has 2 heterocycles. The van der Waals surface area contributed by atoms with E-state index in [1.54, 1.807) is 0 Å². The summed E-state index contributed by atoms with van der Waals surface area (Å²) in [6.07, 6.45) is 7.93. The van der Waals surface area contributed by atoms with Gasteiger partial charge in [-0.05, 0) is 70.0 Å². The van der Waals surface area contributed by atoms with E-state index in [0.717, 1.165) is 62.3 Å². The summed E-state index contributed by atoms with van der Waals surface area (Å²) >= 11 is 5.97. The summed E-state index contributed by atoms with van der Waals surface area (Å²) in [5, 5.41) is 3.99. The Hall–Kier alpha value is -1.85. The first-order valence-corrected chi connectivity index (χ1v) is 11.2. The molecule has 1 amide bonds. The highest BCUT2D eigenvalue weighted by Crippen LogP contribution is 2.26. The van der Waals surface area contributed by atoms with Gasteiger partial charge in [-0.15, -0.1) is 0 Å². The van der Waals surface area contributed by atoms with Gasteiger partial charge in [0.2, 0.25) is 11.8 Å². The number of carbonyl (C=O) groups excluding carboxylic acids is 1. The zero-order chi connectivity index (χ0) is 20.2. The molecule has 2 aliphatic rings. The zero-order valence-corrected chi connectivity index (χ0v) is 17.9. The van der Waals surface area contributed by atoms with Crippen LogP contribution >= 0.6 is 11.6 Å². The Labute approximate surface area is 177 Å². The van der Waals surface area contributed by atoms with Crippen LogP contribution in [-0.2, 0) is 11.3 Å². The van der Waals surface area contributed by atoms with E-state index in [1.807, 2.05) is 31.2 Å². The number of nitrogens with one attached hydrogen (secondary N) is 1. The third-order valence-electron chi connectivity index (χ3n) is 6.27. The molecular formula is C23H30ClN3O2. The fourth-order valence-electron chi connectivity index (χ4n) is 4.42. The molecule has 1 aliphatic heterocycles. The van der Waals surface area contributed by atoms with Crippen LogP contribution < -0.4 is 5.32 Å². The van der Waals surface area contributed by atoms with Crippen LogP contribution in [0, 0.1) is 12.8 Å².